The Hall–Kier alpha value is -2.37. The number of rotatable bonds is 3. The predicted octanol–water partition coefficient (Wildman–Crippen LogP) is 0.515. The molecule has 104 valence electrons. The maximum absolute atomic E-state index is 11.8. The SMILES string of the molecule is CCn1nc(CN2CC(=O)NCC2=O)c2ccccc21. The van der Waals surface area contributed by atoms with Crippen LogP contribution in [0, 0.1) is 0 Å². The van der Waals surface area contributed by atoms with E-state index in [1.54, 1.807) is 4.90 Å². The number of carbonyl (C=O) groups excluding carboxylic acids is 2. The van der Waals surface area contributed by atoms with Crippen LogP contribution < -0.4 is 5.32 Å². The van der Waals surface area contributed by atoms with Crippen molar-refractivity contribution in [2.75, 3.05) is 13.1 Å². The largest absolute Gasteiger partial charge is 0.345 e. The number of aromatic nitrogens is 2. The lowest BCUT2D eigenvalue weighted by molar-refractivity contribution is -0.141. The molecular weight excluding hydrogens is 256 g/mol. The van der Waals surface area contributed by atoms with Crippen molar-refractivity contribution in [3.8, 4) is 0 Å². The lowest BCUT2D eigenvalue weighted by atomic mass is 10.2. The number of nitrogens with one attached hydrogen (secondary N) is 1. The molecule has 0 unspecified atom stereocenters. The van der Waals surface area contributed by atoms with Gasteiger partial charge in [0.2, 0.25) is 11.8 Å². The number of nitrogens with zero attached hydrogens (tertiary/aromatic N) is 3. The normalized spacial score (nSPS) is 15.8. The van der Waals surface area contributed by atoms with Gasteiger partial charge in [-0.15, -0.1) is 0 Å². The Kier molecular flexibility index (Phi) is 3.14. The van der Waals surface area contributed by atoms with Gasteiger partial charge in [0.1, 0.15) is 0 Å². The van der Waals surface area contributed by atoms with Gasteiger partial charge in [-0.3, -0.25) is 14.3 Å². The summed E-state index contributed by atoms with van der Waals surface area (Å²) in [6.07, 6.45) is 0. The molecule has 3 rings (SSSR count). The zero-order valence-electron chi connectivity index (χ0n) is 11.3. The molecule has 2 aromatic rings. The summed E-state index contributed by atoms with van der Waals surface area (Å²) in [5.74, 6) is -0.191. The van der Waals surface area contributed by atoms with Crippen LogP contribution in [0.25, 0.3) is 10.9 Å². The third-order valence-electron chi connectivity index (χ3n) is 3.50. The van der Waals surface area contributed by atoms with Crippen molar-refractivity contribution < 1.29 is 9.59 Å². The van der Waals surface area contributed by atoms with Crippen LogP contribution in [-0.2, 0) is 22.7 Å². The van der Waals surface area contributed by atoms with Crippen LogP contribution in [0.1, 0.15) is 12.6 Å². The standard InChI is InChI=1S/C14H16N4O2/c1-2-18-12-6-4-3-5-10(12)11(16-18)8-17-9-13(19)15-7-14(17)20/h3-6H,2,7-9H2,1H3,(H,15,19). The summed E-state index contributed by atoms with van der Waals surface area (Å²) in [6.45, 7) is 3.36. The van der Waals surface area contributed by atoms with Gasteiger partial charge in [-0.1, -0.05) is 18.2 Å². The third kappa shape index (κ3) is 2.13. The second-order valence-corrected chi connectivity index (χ2v) is 4.81. The minimum Gasteiger partial charge on any atom is -0.345 e. The van der Waals surface area contributed by atoms with Crippen molar-refractivity contribution in [2.45, 2.75) is 20.0 Å². The number of aryl methyl sites for hydroxylation is 1. The number of benzene rings is 1. The minimum absolute atomic E-state index is 0.0697. The van der Waals surface area contributed by atoms with E-state index in [0.717, 1.165) is 23.1 Å². The zero-order valence-corrected chi connectivity index (χ0v) is 11.3. The third-order valence-corrected chi connectivity index (χ3v) is 3.50. The Labute approximate surface area is 116 Å². The number of carbonyl (C=O) groups is 2. The Morgan fingerprint density at radius 3 is 2.90 bits per heavy atom. The molecule has 1 saturated heterocycles. The number of hydrogen-bond donors (Lipinski definition) is 1. The van der Waals surface area contributed by atoms with Crippen LogP contribution in [0.15, 0.2) is 24.3 Å². The average molecular weight is 272 g/mol. The van der Waals surface area contributed by atoms with E-state index < -0.39 is 0 Å². The molecule has 0 radical (unpaired) electrons. The van der Waals surface area contributed by atoms with E-state index in [4.69, 9.17) is 0 Å². The Morgan fingerprint density at radius 1 is 1.30 bits per heavy atom. The van der Waals surface area contributed by atoms with Gasteiger partial charge in [0, 0.05) is 11.9 Å². The van der Waals surface area contributed by atoms with Gasteiger partial charge in [0.15, 0.2) is 0 Å². The van der Waals surface area contributed by atoms with Crippen molar-refractivity contribution in [2.24, 2.45) is 0 Å². The van der Waals surface area contributed by atoms with Crippen molar-refractivity contribution >= 4 is 22.7 Å². The summed E-state index contributed by atoms with van der Waals surface area (Å²) in [7, 11) is 0. The second-order valence-electron chi connectivity index (χ2n) is 4.81. The average Bonchev–Trinajstić information content (AvgIpc) is 2.81. The Balaban J connectivity index is 1.94. The summed E-state index contributed by atoms with van der Waals surface area (Å²) in [6, 6.07) is 7.94. The van der Waals surface area contributed by atoms with Crippen LogP contribution in [0.2, 0.25) is 0 Å². The molecule has 20 heavy (non-hydrogen) atoms. The Morgan fingerprint density at radius 2 is 2.10 bits per heavy atom. The smallest absolute Gasteiger partial charge is 0.242 e. The lowest BCUT2D eigenvalue weighted by Crippen LogP contribution is -2.51. The number of fused-ring (bicyclic) bond motifs is 1. The van der Waals surface area contributed by atoms with Gasteiger partial charge in [0.25, 0.3) is 0 Å². The number of hydrogen-bond acceptors (Lipinski definition) is 3. The molecule has 0 bridgehead atoms. The quantitative estimate of drug-likeness (QED) is 0.885. The molecule has 1 N–H and O–H groups in total. The predicted molar refractivity (Wildman–Crippen MR) is 73.8 cm³/mol. The van der Waals surface area contributed by atoms with Gasteiger partial charge in [0.05, 0.1) is 30.8 Å². The molecule has 1 fully saturated rings. The molecule has 1 aromatic heterocycles. The molecular formula is C14H16N4O2. The highest BCUT2D eigenvalue weighted by Gasteiger charge is 2.24. The van der Waals surface area contributed by atoms with E-state index in [-0.39, 0.29) is 24.9 Å². The van der Waals surface area contributed by atoms with E-state index in [1.165, 1.54) is 0 Å². The van der Waals surface area contributed by atoms with Crippen LogP contribution in [0.5, 0.6) is 0 Å². The molecule has 1 aliphatic heterocycles. The Bertz CT molecular complexity index is 677. The zero-order chi connectivity index (χ0) is 14.1. The van der Waals surface area contributed by atoms with Crippen molar-refractivity contribution in [3.05, 3.63) is 30.0 Å². The van der Waals surface area contributed by atoms with E-state index in [1.807, 2.05) is 35.9 Å². The molecule has 2 amide bonds. The fourth-order valence-electron chi connectivity index (χ4n) is 2.48. The summed E-state index contributed by atoms with van der Waals surface area (Å²) in [4.78, 5) is 24.8. The van der Waals surface area contributed by atoms with E-state index in [9.17, 15) is 9.59 Å². The van der Waals surface area contributed by atoms with Gasteiger partial charge < -0.3 is 10.2 Å². The molecule has 1 aromatic carbocycles. The summed E-state index contributed by atoms with van der Waals surface area (Å²) >= 11 is 0. The van der Waals surface area contributed by atoms with Crippen molar-refractivity contribution in [1.29, 1.82) is 0 Å². The first-order chi connectivity index (χ1) is 9.69. The minimum atomic E-state index is -0.121. The second kappa shape index (κ2) is 4.96. The molecule has 1 aliphatic rings. The van der Waals surface area contributed by atoms with E-state index >= 15 is 0 Å². The maximum Gasteiger partial charge on any atom is 0.242 e. The van der Waals surface area contributed by atoms with Crippen molar-refractivity contribution in [3.63, 3.8) is 0 Å². The van der Waals surface area contributed by atoms with Gasteiger partial charge in [-0.05, 0) is 13.0 Å². The molecule has 0 saturated carbocycles. The number of para-hydroxylation sites is 1. The molecule has 6 nitrogen and oxygen atoms in total. The monoisotopic (exact) mass is 272 g/mol. The molecule has 0 atom stereocenters. The molecule has 0 aliphatic carbocycles. The summed E-state index contributed by atoms with van der Waals surface area (Å²) < 4.78 is 1.92. The molecule has 6 heteroatoms. The first-order valence-corrected chi connectivity index (χ1v) is 6.68. The lowest BCUT2D eigenvalue weighted by Gasteiger charge is -2.25. The summed E-state index contributed by atoms with van der Waals surface area (Å²) in [5.41, 5.74) is 1.89. The number of piperazine rings is 1. The number of amides is 2. The summed E-state index contributed by atoms with van der Waals surface area (Å²) in [5, 5.41) is 8.13. The molecule has 0 spiro atoms. The van der Waals surface area contributed by atoms with Gasteiger partial charge >= 0.3 is 0 Å². The highest BCUT2D eigenvalue weighted by molar-refractivity contribution is 5.92. The fourth-order valence-corrected chi connectivity index (χ4v) is 2.48. The van der Waals surface area contributed by atoms with E-state index in [0.29, 0.717) is 6.54 Å². The maximum atomic E-state index is 11.8. The van der Waals surface area contributed by atoms with Crippen LogP contribution >= 0.6 is 0 Å². The highest BCUT2D eigenvalue weighted by atomic mass is 16.2. The van der Waals surface area contributed by atoms with E-state index in [2.05, 4.69) is 10.4 Å². The van der Waals surface area contributed by atoms with Crippen LogP contribution in [0.4, 0.5) is 0 Å². The first kappa shape index (κ1) is 12.7. The van der Waals surface area contributed by atoms with Crippen LogP contribution in [-0.4, -0.2) is 39.6 Å². The first-order valence-electron chi connectivity index (χ1n) is 6.68. The topological polar surface area (TPSA) is 67.2 Å². The van der Waals surface area contributed by atoms with Crippen molar-refractivity contribution in [1.82, 2.24) is 20.0 Å². The van der Waals surface area contributed by atoms with Crippen LogP contribution in [0.3, 0.4) is 0 Å². The fraction of sp³-hybridized carbons (Fsp3) is 0.357. The van der Waals surface area contributed by atoms with Gasteiger partial charge in [-0.2, -0.15) is 5.10 Å². The molecule has 2 heterocycles. The van der Waals surface area contributed by atoms with Gasteiger partial charge in [-0.25, -0.2) is 0 Å². The highest BCUT2D eigenvalue weighted by Crippen LogP contribution is 2.20.